The van der Waals surface area contributed by atoms with E-state index in [0.717, 1.165) is 11.4 Å². The molecule has 0 amide bonds. The highest BCUT2D eigenvalue weighted by Gasteiger charge is 2.30. The monoisotopic (exact) mass is 406 g/mol. The third-order valence-electron chi connectivity index (χ3n) is 4.74. The van der Waals surface area contributed by atoms with Crippen molar-refractivity contribution < 1.29 is 22.6 Å². The Labute approximate surface area is 166 Å². The summed E-state index contributed by atoms with van der Waals surface area (Å²) in [5.41, 5.74) is 0.993. The normalized spacial score (nSPS) is 15.3. The Morgan fingerprint density at radius 1 is 0.893 bits per heavy atom. The molecule has 2 aromatic rings. The van der Waals surface area contributed by atoms with Crippen molar-refractivity contribution in [3.05, 3.63) is 42.5 Å². The summed E-state index contributed by atoms with van der Waals surface area (Å²) in [6, 6.07) is 12.5. The number of sulfonamides is 1. The zero-order chi connectivity index (χ0) is 20.1. The van der Waals surface area contributed by atoms with Crippen molar-refractivity contribution in [1.29, 1.82) is 0 Å². The van der Waals surface area contributed by atoms with Crippen LogP contribution in [0.3, 0.4) is 0 Å². The second-order valence-corrected chi connectivity index (χ2v) is 8.25. The molecular weight excluding hydrogens is 380 g/mol. The van der Waals surface area contributed by atoms with Crippen LogP contribution in [0.25, 0.3) is 0 Å². The first-order chi connectivity index (χ1) is 13.5. The number of anilines is 1. The Hall–Kier alpha value is -2.45. The number of hydrogen-bond donors (Lipinski definition) is 0. The molecule has 1 saturated heterocycles. The van der Waals surface area contributed by atoms with Crippen molar-refractivity contribution in [3.63, 3.8) is 0 Å². The van der Waals surface area contributed by atoms with Gasteiger partial charge in [-0.05, 0) is 31.2 Å². The highest BCUT2D eigenvalue weighted by Crippen LogP contribution is 2.32. The van der Waals surface area contributed by atoms with Crippen LogP contribution >= 0.6 is 0 Å². The first-order valence-corrected chi connectivity index (χ1v) is 10.6. The van der Waals surface area contributed by atoms with Gasteiger partial charge in [0.05, 0.1) is 31.4 Å². The third-order valence-corrected chi connectivity index (χ3v) is 6.63. The van der Waals surface area contributed by atoms with Crippen LogP contribution in [0.15, 0.2) is 47.4 Å². The minimum absolute atomic E-state index is 0.202. The minimum Gasteiger partial charge on any atom is -0.493 e. The van der Waals surface area contributed by atoms with E-state index in [2.05, 4.69) is 4.90 Å². The van der Waals surface area contributed by atoms with Crippen LogP contribution in [0, 0.1) is 0 Å². The molecule has 1 aliphatic heterocycles. The molecule has 8 heteroatoms. The second kappa shape index (κ2) is 8.70. The maximum Gasteiger partial charge on any atom is 0.243 e. The van der Waals surface area contributed by atoms with Crippen LogP contribution in [-0.4, -0.2) is 59.7 Å². The molecule has 0 saturated carbocycles. The fraction of sp³-hybridized carbons (Fsp3) is 0.400. The molecule has 0 unspecified atom stereocenters. The van der Waals surface area contributed by atoms with E-state index in [1.165, 1.54) is 24.6 Å². The highest BCUT2D eigenvalue weighted by atomic mass is 32.2. The van der Waals surface area contributed by atoms with Crippen molar-refractivity contribution in [2.45, 2.75) is 11.8 Å². The summed E-state index contributed by atoms with van der Waals surface area (Å²) in [6.07, 6.45) is 0. The first-order valence-electron chi connectivity index (χ1n) is 9.20. The van der Waals surface area contributed by atoms with Crippen molar-refractivity contribution in [2.75, 3.05) is 51.9 Å². The summed E-state index contributed by atoms with van der Waals surface area (Å²) in [5, 5.41) is 0. The van der Waals surface area contributed by atoms with Crippen LogP contribution in [0.1, 0.15) is 6.92 Å². The van der Waals surface area contributed by atoms with Gasteiger partial charge in [0.15, 0.2) is 11.5 Å². The van der Waals surface area contributed by atoms with Gasteiger partial charge in [0.25, 0.3) is 0 Å². The molecule has 2 aromatic carbocycles. The van der Waals surface area contributed by atoms with Gasteiger partial charge >= 0.3 is 0 Å². The van der Waals surface area contributed by atoms with Gasteiger partial charge in [-0.3, -0.25) is 0 Å². The molecule has 0 aromatic heterocycles. The molecule has 7 nitrogen and oxygen atoms in total. The van der Waals surface area contributed by atoms with Crippen molar-refractivity contribution in [3.8, 4) is 17.2 Å². The second-order valence-electron chi connectivity index (χ2n) is 6.31. The lowest BCUT2D eigenvalue weighted by Gasteiger charge is -2.36. The fourth-order valence-electron chi connectivity index (χ4n) is 3.29. The number of benzene rings is 2. The van der Waals surface area contributed by atoms with Gasteiger partial charge in [-0.2, -0.15) is 4.31 Å². The van der Waals surface area contributed by atoms with E-state index in [-0.39, 0.29) is 4.90 Å². The Kier molecular flexibility index (Phi) is 6.31. The summed E-state index contributed by atoms with van der Waals surface area (Å²) in [4.78, 5) is 2.36. The number of hydrogen-bond acceptors (Lipinski definition) is 6. The summed E-state index contributed by atoms with van der Waals surface area (Å²) in [6.45, 7) is 4.52. The number of nitrogens with zero attached hydrogens (tertiary/aromatic N) is 2. The van der Waals surface area contributed by atoms with E-state index in [4.69, 9.17) is 14.2 Å². The van der Waals surface area contributed by atoms with Crippen molar-refractivity contribution >= 4 is 15.7 Å². The Morgan fingerprint density at radius 3 is 2.21 bits per heavy atom. The quantitative estimate of drug-likeness (QED) is 0.704. The molecule has 1 aliphatic rings. The average Bonchev–Trinajstić information content (AvgIpc) is 2.74. The molecule has 28 heavy (non-hydrogen) atoms. The van der Waals surface area contributed by atoms with E-state index in [0.29, 0.717) is 44.3 Å². The van der Waals surface area contributed by atoms with Gasteiger partial charge in [-0.1, -0.05) is 12.1 Å². The molecule has 3 rings (SSSR count). The molecule has 0 aliphatic carbocycles. The summed E-state index contributed by atoms with van der Waals surface area (Å²) in [5.74, 6) is 1.72. The number of ether oxygens (including phenoxy) is 3. The lowest BCUT2D eigenvalue weighted by Crippen LogP contribution is -2.48. The average molecular weight is 407 g/mol. The Bertz CT molecular complexity index is 909. The van der Waals surface area contributed by atoms with Gasteiger partial charge in [0.2, 0.25) is 10.0 Å². The molecule has 0 radical (unpaired) electrons. The van der Waals surface area contributed by atoms with E-state index in [9.17, 15) is 8.42 Å². The molecule has 0 bridgehead atoms. The summed E-state index contributed by atoms with van der Waals surface area (Å²) < 4.78 is 43.7. The predicted molar refractivity (Wildman–Crippen MR) is 108 cm³/mol. The van der Waals surface area contributed by atoms with Crippen LogP contribution in [0.2, 0.25) is 0 Å². The largest absolute Gasteiger partial charge is 0.493 e. The number of para-hydroxylation sites is 2. The molecule has 0 atom stereocenters. The highest BCUT2D eigenvalue weighted by molar-refractivity contribution is 7.89. The number of rotatable bonds is 7. The lowest BCUT2D eigenvalue weighted by atomic mass is 10.2. The van der Waals surface area contributed by atoms with Crippen LogP contribution in [0.5, 0.6) is 17.2 Å². The molecule has 1 heterocycles. The van der Waals surface area contributed by atoms with Gasteiger partial charge in [0.1, 0.15) is 5.75 Å². The minimum atomic E-state index is -3.61. The predicted octanol–water partition coefficient (Wildman–Crippen LogP) is 2.61. The standard InChI is InChI=1S/C20H26N2O5S/c1-4-27-18-8-6-5-7-17(18)21-11-13-22(14-12-21)28(23,24)16-9-10-19(25-2)20(15-16)26-3/h5-10,15H,4,11-14H2,1-3H3. The van der Waals surface area contributed by atoms with E-state index in [1.54, 1.807) is 12.1 Å². The van der Waals surface area contributed by atoms with Gasteiger partial charge in [-0.15, -0.1) is 0 Å². The summed E-state index contributed by atoms with van der Waals surface area (Å²) >= 11 is 0. The number of piperazine rings is 1. The zero-order valence-corrected chi connectivity index (χ0v) is 17.2. The lowest BCUT2D eigenvalue weighted by molar-refractivity contribution is 0.336. The summed E-state index contributed by atoms with van der Waals surface area (Å²) in [7, 11) is -0.598. The molecule has 0 spiro atoms. The molecule has 1 fully saturated rings. The van der Waals surface area contributed by atoms with Crippen molar-refractivity contribution in [1.82, 2.24) is 4.31 Å². The van der Waals surface area contributed by atoms with Crippen LogP contribution in [0.4, 0.5) is 5.69 Å². The Balaban J connectivity index is 1.76. The van der Waals surface area contributed by atoms with E-state index in [1.807, 2.05) is 31.2 Å². The molecule has 152 valence electrons. The smallest absolute Gasteiger partial charge is 0.243 e. The van der Waals surface area contributed by atoms with E-state index < -0.39 is 10.0 Å². The van der Waals surface area contributed by atoms with Crippen LogP contribution in [-0.2, 0) is 10.0 Å². The molecular formula is C20H26N2O5S. The first kappa shape index (κ1) is 20.3. The maximum atomic E-state index is 13.1. The van der Waals surface area contributed by atoms with Gasteiger partial charge < -0.3 is 19.1 Å². The van der Waals surface area contributed by atoms with Gasteiger partial charge in [-0.25, -0.2) is 8.42 Å². The Morgan fingerprint density at radius 2 is 1.57 bits per heavy atom. The maximum absolute atomic E-state index is 13.1. The topological polar surface area (TPSA) is 68.3 Å². The van der Waals surface area contributed by atoms with Crippen LogP contribution < -0.4 is 19.1 Å². The zero-order valence-electron chi connectivity index (χ0n) is 16.4. The molecule has 0 N–H and O–H groups in total. The SMILES string of the molecule is CCOc1ccccc1N1CCN(S(=O)(=O)c2ccc(OC)c(OC)c2)CC1. The third kappa shape index (κ3) is 4.02. The fourth-order valence-corrected chi connectivity index (χ4v) is 4.73. The number of methoxy groups -OCH3 is 2. The van der Waals surface area contributed by atoms with Gasteiger partial charge in [0, 0.05) is 32.2 Å². The van der Waals surface area contributed by atoms with E-state index >= 15 is 0 Å². The van der Waals surface area contributed by atoms with Crippen molar-refractivity contribution in [2.24, 2.45) is 0 Å².